The van der Waals surface area contributed by atoms with E-state index in [0.717, 1.165) is 12.1 Å². The van der Waals surface area contributed by atoms with E-state index in [1.807, 2.05) is 0 Å². The van der Waals surface area contributed by atoms with E-state index in [4.69, 9.17) is 4.74 Å². The third kappa shape index (κ3) is 2.74. The van der Waals surface area contributed by atoms with Crippen LogP contribution in [0.2, 0.25) is 0 Å². The molecule has 0 N–H and O–H groups in total. The summed E-state index contributed by atoms with van der Waals surface area (Å²) in [4.78, 5) is 3.80. The highest BCUT2D eigenvalue weighted by molar-refractivity contribution is 7.92. The van der Waals surface area contributed by atoms with Gasteiger partial charge in [-0.2, -0.15) is 5.10 Å². The minimum atomic E-state index is -3.49. The number of hydrogen-bond acceptors (Lipinski definition) is 5. The Morgan fingerprint density at radius 2 is 2.22 bits per heavy atom. The predicted octanol–water partition coefficient (Wildman–Crippen LogP) is 1.29. The molecule has 0 aliphatic carbocycles. The second-order valence-electron chi connectivity index (χ2n) is 5.46. The van der Waals surface area contributed by atoms with Gasteiger partial charge in [-0.05, 0) is 13.0 Å². The van der Waals surface area contributed by atoms with Crippen molar-refractivity contribution in [1.82, 2.24) is 14.8 Å². The Kier molecular flexibility index (Phi) is 3.93. The maximum Gasteiger partial charge on any atom is 0.158 e. The minimum Gasteiger partial charge on any atom is -0.366 e. The maximum atomic E-state index is 14.4. The van der Waals surface area contributed by atoms with Crippen molar-refractivity contribution >= 4 is 9.84 Å². The summed E-state index contributed by atoms with van der Waals surface area (Å²) in [7, 11) is -3.49. The number of sulfone groups is 1. The molecule has 1 aromatic heterocycles. The fourth-order valence-corrected chi connectivity index (χ4v) is 4.39. The molecule has 1 saturated heterocycles. The molecule has 1 aliphatic heterocycles. The van der Waals surface area contributed by atoms with Crippen molar-refractivity contribution in [2.75, 3.05) is 12.4 Å². The summed E-state index contributed by atoms with van der Waals surface area (Å²) in [6.45, 7) is 1.35. The summed E-state index contributed by atoms with van der Waals surface area (Å²) in [6.07, 6.45) is 2.68. The highest BCUT2D eigenvalue weighted by Crippen LogP contribution is 2.39. The monoisotopic (exact) mass is 343 g/mol. The molecule has 23 heavy (non-hydrogen) atoms. The Balaban J connectivity index is 2.17. The summed E-state index contributed by atoms with van der Waals surface area (Å²) < 4.78 is 59.5. The summed E-state index contributed by atoms with van der Waals surface area (Å²) in [6, 6.07) is 3.02. The zero-order valence-electron chi connectivity index (χ0n) is 12.3. The molecule has 1 fully saturated rings. The lowest BCUT2D eigenvalue weighted by atomic mass is 9.89. The number of rotatable bonds is 3. The van der Waals surface area contributed by atoms with Gasteiger partial charge in [0.1, 0.15) is 29.9 Å². The zero-order valence-corrected chi connectivity index (χ0v) is 13.1. The van der Waals surface area contributed by atoms with Crippen LogP contribution in [0.15, 0.2) is 30.9 Å². The van der Waals surface area contributed by atoms with Gasteiger partial charge in [-0.25, -0.2) is 26.9 Å². The van der Waals surface area contributed by atoms with Crippen LogP contribution in [-0.4, -0.2) is 40.8 Å². The number of ether oxygens (including phenoxy) is 1. The highest BCUT2D eigenvalue weighted by atomic mass is 32.2. The van der Waals surface area contributed by atoms with E-state index < -0.39 is 32.3 Å². The van der Waals surface area contributed by atoms with Crippen LogP contribution in [0.4, 0.5) is 8.78 Å². The van der Waals surface area contributed by atoms with Crippen molar-refractivity contribution < 1.29 is 21.9 Å². The van der Waals surface area contributed by atoms with Crippen LogP contribution in [0.25, 0.3) is 0 Å². The molecule has 3 rings (SSSR count). The van der Waals surface area contributed by atoms with Gasteiger partial charge in [0.2, 0.25) is 0 Å². The van der Waals surface area contributed by atoms with Crippen molar-refractivity contribution in [3.8, 4) is 0 Å². The van der Waals surface area contributed by atoms with Gasteiger partial charge in [-0.1, -0.05) is 6.07 Å². The molecule has 0 amide bonds. The molecule has 9 heteroatoms. The van der Waals surface area contributed by atoms with E-state index in [1.165, 1.54) is 30.3 Å². The molecule has 1 aliphatic rings. The first-order valence-electron chi connectivity index (χ1n) is 6.99. The first-order valence-corrected chi connectivity index (χ1v) is 8.70. The van der Waals surface area contributed by atoms with Crippen LogP contribution >= 0.6 is 0 Å². The lowest BCUT2D eigenvalue weighted by Gasteiger charge is -2.42. The minimum absolute atomic E-state index is 0.00910. The Bertz CT molecular complexity index is 811. The Labute approximate surface area is 132 Å². The van der Waals surface area contributed by atoms with E-state index in [1.54, 1.807) is 0 Å². The van der Waals surface area contributed by atoms with Crippen molar-refractivity contribution in [3.05, 3.63) is 48.1 Å². The lowest BCUT2D eigenvalue weighted by Crippen LogP contribution is -2.53. The van der Waals surface area contributed by atoms with Gasteiger partial charge < -0.3 is 4.74 Å². The molecular formula is C14H15F2N3O3S. The van der Waals surface area contributed by atoms with Crippen LogP contribution in [0.5, 0.6) is 0 Å². The fourth-order valence-electron chi connectivity index (χ4n) is 2.87. The molecule has 2 atom stereocenters. The molecule has 0 spiro atoms. The normalized spacial score (nSPS) is 27.0. The third-order valence-corrected chi connectivity index (χ3v) is 6.37. The van der Waals surface area contributed by atoms with Gasteiger partial charge in [0.15, 0.2) is 9.84 Å². The van der Waals surface area contributed by atoms with E-state index >= 15 is 0 Å². The van der Waals surface area contributed by atoms with Crippen LogP contribution < -0.4 is 0 Å². The topological polar surface area (TPSA) is 74.1 Å². The molecule has 0 radical (unpaired) electrons. The van der Waals surface area contributed by atoms with E-state index in [9.17, 15) is 17.2 Å². The molecule has 1 aromatic carbocycles. The van der Waals surface area contributed by atoms with Crippen LogP contribution in [0, 0.1) is 11.6 Å². The lowest BCUT2D eigenvalue weighted by molar-refractivity contribution is -0.0684. The summed E-state index contributed by atoms with van der Waals surface area (Å²) in [5.41, 5.74) is -1.51. The second-order valence-corrected chi connectivity index (χ2v) is 7.91. The average Bonchev–Trinajstić information content (AvgIpc) is 2.97. The summed E-state index contributed by atoms with van der Waals surface area (Å²) in [5, 5.41) is 2.92. The first-order chi connectivity index (χ1) is 10.8. The van der Waals surface area contributed by atoms with Gasteiger partial charge in [0.25, 0.3) is 0 Å². The SMILES string of the molecule is C[C@H]1[C@@](Cn2cncn2)(c2ccc(F)cc2F)OCCS1(=O)=O. The molecule has 0 bridgehead atoms. The quantitative estimate of drug-likeness (QED) is 0.839. The highest BCUT2D eigenvalue weighted by Gasteiger charge is 2.50. The average molecular weight is 343 g/mol. The van der Waals surface area contributed by atoms with Crippen molar-refractivity contribution in [3.63, 3.8) is 0 Å². The van der Waals surface area contributed by atoms with Crippen LogP contribution in [0.3, 0.4) is 0 Å². The van der Waals surface area contributed by atoms with Crippen molar-refractivity contribution in [2.45, 2.75) is 24.3 Å². The van der Waals surface area contributed by atoms with Gasteiger partial charge in [0, 0.05) is 11.6 Å². The first kappa shape index (κ1) is 16.0. The van der Waals surface area contributed by atoms with E-state index in [0.29, 0.717) is 0 Å². The Hall–Kier alpha value is -1.87. The number of halogens is 2. The molecule has 2 aromatic rings. The zero-order chi connectivity index (χ0) is 16.7. The third-order valence-electron chi connectivity index (χ3n) is 4.17. The largest absolute Gasteiger partial charge is 0.366 e. The summed E-state index contributed by atoms with van der Waals surface area (Å²) in [5.74, 6) is -1.74. The van der Waals surface area contributed by atoms with E-state index in [2.05, 4.69) is 10.1 Å². The number of nitrogens with zero attached hydrogens (tertiary/aromatic N) is 3. The number of hydrogen-bond donors (Lipinski definition) is 0. The molecular weight excluding hydrogens is 328 g/mol. The van der Waals surface area contributed by atoms with Gasteiger partial charge in [-0.15, -0.1) is 0 Å². The molecule has 0 unspecified atom stereocenters. The summed E-state index contributed by atoms with van der Waals surface area (Å²) >= 11 is 0. The number of benzene rings is 1. The van der Waals surface area contributed by atoms with E-state index in [-0.39, 0.29) is 24.5 Å². The molecule has 2 heterocycles. The van der Waals surface area contributed by atoms with Crippen LogP contribution in [0.1, 0.15) is 12.5 Å². The smallest absolute Gasteiger partial charge is 0.158 e. The number of aromatic nitrogens is 3. The van der Waals surface area contributed by atoms with Crippen molar-refractivity contribution in [2.24, 2.45) is 0 Å². The predicted molar refractivity (Wildman–Crippen MR) is 77.3 cm³/mol. The van der Waals surface area contributed by atoms with Crippen molar-refractivity contribution in [1.29, 1.82) is 0 Å². The standard InChI is InChI=1S/C14H15F2N3O3S/c1-10-14(7-19-9-17-8-18-19,22-4-5-23(10,20)21)12-3-2-11(15)6-13(12)16/h2-3,6,8-10H,4-5,7H2,1H3/t10-,14-/m0/s1. The van der Waals surface area contributed by atoms with Crippen LogP contribution in [-0.2, 0) is 26.7 Å². The Morgan fingerprint density at radius 1 is 1.43 bits per heavy atom. The maximum absolute atomic E-state index is 14.4. The fraction of sp³-hybridized carbons (Fsp3) is 0.429. The molecule has 0 saturated carbocycles. The molecule has 124 valence electrons. The van der Waals surface area contributed by atoms with Gasteiger partial charge >= 0.3 is 0 Å². The molecule has 6 nitrogen and oxygen atoms in total. The second kappa shape index (κ2) is 5.64. The van der Waals surface area contributed by atoms with Gasteiger partial charge in [-0.3, -0.25) is 0 Å². The Morgan fingerprint density at radius 3 is 2.87 bits per heavy atom. The van der Waals surface area contributed by atoms with Gasteiger partial charge in [0.05, 0.1) is 24.2 Å².